The number of amides is 2. The quantitative estimate of drug-likeness (QED) is 0.455. The number of nitrogens with zero attached hydrogens (tertiary/aromatic N) is 1. The molecule has 4 aliphatic rings. The van der Waals surface area contributed by atoms with Crippen LogP contribution in [-0.2, 0) is 19.4 Å². The van der Waals surface area contributed by atoms with Crippen molar-refractivity contribution in [3.8, 4) is 0 Å². The number of alkyl halides is 3. The molecule has 1 aliphatic heterocycles. The molecule has 0 radical (unpaired) electrons. The van der Waals surface area contributed by atoms with E-state index in [1.54, 1.807) is 0 Å². The van der Waals surface area contributed by atoms with E-state index in [2.05, 4.69) is 10.6 Å². The number of hydrogen-bond donors (Lipinski definition) is 2. The minimum atomic E-state index is -4.41. The Labute approximate surface area is 218 Å². The molecule has 2 N–H and O–H groups in total. The van der Waals surface area contributed by atoms with E-state index < -0.39 is 33.9 Å². The lowest BCUT2D eigenvalue weighted by Gasteiger charge is -2.38. The second-order valence-corrected chi connectivity index (χ2v) is 14.0. The Hall–Kier alpha value is -1.36. The lowest BCUT2D eigenvalue weighted by atomic mass is 9.84. The topological polar surface area (TPSA) is 95.6 Å². The molecule has 1 saturated heterocycles. The van der Waals surface area contributed by atoms with Gasteiger partial charge in [-0.1, -0.05) is 19.3 Å². The molecule has 0 aromatic carbocycles. The van der Waals surface area contributed by atoms with Gasteiger partial charge in [0.2, 0.25) is 11.8 Å². The molecule has 2 amide bonds. The largest absolute Gasteiger partial charge is 0.406 e. The van der Waals surface area contributed by atoms with Crippen molar-refractivity contribution in [3.05, 3.63) is 0 Å². The average molecular weight is 550 g/mol. The molecule has 0 spiro atoms. The van der Waals surface area contributed by atoms with Crippen LogP contribution in [0.1, 0.15) is 89.9 Å². The van der Waals surface area contributed by atoms with Gasteiger partial charge in [-0.15, -0.1) is 0 Å². The number of piperidine rings is 1. The van der Waals surface area contributed by atoms with Crippen LogP contribution < -0.4 is 10.6 Å². The summed E-state index contributed by atoms with van der Waals surface area (Å²) < 4.78 is 64.7. The van der Waals surface area contributed by atoms with Crippen LogP contribution in [0.2, 0.25) is 0 Å². The van der Waals surface area contributed by atoms with Gasteiger partial charge in [-0.2, -0.15) is 13.2 Å². The highest BCUT2D eigenvalue weighted by molar-refractivity contribution is 7.92. The van der Waals surface area contributed by atoms with E-state index in [-0.39, 0.29) is 35.6 Å². The molecule has 0 bridgehead atoms. The zero-order valence-corrected chi connectivity index (χ0v) is 22.4. The fourth-order valence-electron chi connectivity index (χ4n) is 6.34. The lowest BCUT2D eigenvalue weighted by Crippen LogP contribution is -2.50. The molecular weight excluding hydrogens is 507 g/mol. The molecule has 11 heteroatoms. The molecule has 0 aromatic heterocycles. The Kier molecular flexibility index (Phi) is 9.46. The van der Waals surface area contributed by atoms with Crippen LogP contribution in [0.15, 0.2) is 0 Å². The van der Waals surface area contributed by atoms with Gasteiger partial charge >= 0.3 is 6.18 Å². The predicted octanol–water partition coefficient (Wildman–Crippen LogP) is 3.93. The third kappa shape index (κ3) is 8.57. The maximum Gasteiger partial charge on any atom is 0.406 e. The monoisotopic (exact) mass is 549 g/mol. The van der Waals surface area contributed by atoms with Gasteiger partial charge in [0.05, 0.1) is 5.75 Å². The zero-order chi connectivity index (χ0) is 26.6. The Morgan fingerprint density at radius 3 is 2.08 bits per heavy atom. The summed E-state index contributed by atoms with van der Waals surface area (Å²) in [6.45, 7) is -0.676. The standard InChI is InChI=1S/C26H42F3N3O4S/c27-26(28,29)17-32(22-4-2-1-3-5-22)25(34)20-9-11-21(12-10-20)31-23(33)14-19-8-13-24(30-15-19)37(35,36)16-18-6-7-18/h18-22,24,30H,1-17H2,(H,31,33). The zero-order valence-electron chi connectivity index (χ0n) is 21.6. The summed E-state index contributed by atoms with van der Waals surface area (Å²) in [4.78, 5) is 26.9. The number of carbonyl (C=O) groups is 2. The van der Waals surface area contributed by atoms with Crippen LogP contribution >= 0.6 is 0 Å². The molecule has 2 unspecified atom stereocenters. The Morgan fingerprint density at radius 1 is 0.865 bits per heavy atom. The van der Waals surface area contributed by atoms with Crippen molar-refractivity contribution in [2.45, 2.75) is 114 Å². The van der Waals surface area contributed by atoms with Crippen molar-refractivity contribution in [1.29, 1.82) is 0 Å². The van der Waals surface area contributed by atoms with Crippen molar-refractivity contribution < 1.29 is 31.2 Å². The molecule has 7 nitrogen and oxygen atoms in total. The van der Waals surface area contributed by atoms with Crippen molar-refractivity contribution in [3.63, 3.8) is 0 Å². The molecule has 212 valence electrons. The smallest absolute Gasteiger partial charge is 0.353 e. The summed E-state index contributed by atoms with van der Waals surface area (Å²) in [5.74, 6) is -0.225. The number of halogens is 3. The van der Waals surface area contributed by atoms with Gasteiger partial charge in [-0.3, -0.25) is 9.59 Å². The third-order valence-electron chi connectivity index (χ3n) is 8.63. The summed E-state index contributed by atoms with van der Waals surface area (Å²) in [6.07, 6.45) is 5.24. The highest BCUT2D eigenvalue weighted by Gasteiger charge is 2.40. The number of carbonyl (C=O) groups excluding carboxylic acids is 2. The van der Waals surface area contributed by atoms with Crippen molar-refractivity contribution in [2.24, 2.45) is 17.8 Å². The predicted molar refractivity (Wildman–Crippen MR) is 134 cm³/mol. The number of sulfone groups is 1. The molecule has 1 heterocycles. The molecular formula is C26H42F3N3O4S. The van der Waals surface area contributed by atoms with Crippen LogP contribution in [-0.4, -0.2) is 67.6 Å². The second-order valence-electron chi connectivity index (χ2n) is 11.8. The van der Waals surface area contributed by atoms with E-state index in [4.69, 9.17) is 0 Å². The Bertz CT molecular complexity index is 887. The number of rotatable bonds is 9. The Morgan fingerprint density at radius 2 is 1.51 bits per heavy atom. The van der Waals surface area contributed by atoms with Crippen LogP contribution in [0.25, 0.3) is 0 Å². The van der Waals surface area contributed by atoms with E-state index in [0.29, 0.717) is 70.3 Å². The normalized spacial score (nSPS) is 30.0. The molecule has 0 aromatic rings. The number of hydrogen-bond acceptors (Lipinski definition) is 5. The summed E-state index contributed by atoms with van der Waals surface area (Å²) in [5, 5.41) is 5.67. The van der Waals surface area contributed by atoms with E-state index in [9.17, 15) is 31.2 Å². The molecule has 3 saturated carbocycles. The first-order chi connectivity index (χ1) is 17.5. The first-order valence-electron chi connectivity index (χ1n) is 14.1. The van der Waals surface area contributed by atoms with Gasteiger partial charge in [-0.25, -0.2) is 8.42 Å². The Balaban J connectivity index is 1.19. The highest BCUT2D eigenvalue weighted by Crippen LogP contribution is 2.34. The lowest BCUT2D eigenvalue weighted by molar-refractivity contribution is -0.170. The molecule has 2 atom stereocenters. The van der Waals surface area contributed by atoms with Gasteiger partial charge in [0, 0.05) is 24.4 Å². The molecule has 37 heavy (non-hydrogen) atoms. The maximum atomic E-state index is 13.2. The fourth-order valence-corrected chi connectivity index (χ4v) is 8.41. The van der Waals surface area contributed by atoms with Crippen LogP contribution in [0.4, 0.5) is 13.2 Å². The first-order valence-corrected chi connectivity index (χ1v) is 15.8. The first kappa shape index (κ1) is 28.6. The SMILES string of the molecule is O=C(CC1CCC(S(=O)(=O)CC2CC2)NC1)NC1CCC(C(=O)N(CC(F)(F)F)C2CCCCC2)CC1. The van der Waals surface area contributed by atoms with E-state index >= 15 is 0 Å². The van der Waals surface area contributed by atoms with Gasteiger partial charge in [-0.05, 0) is 82.6 Å². The van der Waals surface area contributed by atoms with Crippen molar-refractivity contribution in [1.82, 2.24) is 15.5 Å². The van der Waals surface area contributed by atoms with Crippen LogP contribution in [0, 0.1) is 17.8 Å². The van der Waals surface area contributed by atoms with E-state index in [1.165, 1.54) is 0 Å². The highest BCUT2D eigenvalue weighted by atomic mass is 32.2. The summed E-state index contributed by atoms with van der Waals surface area (Å²) in [5.41, 5.74) is 0. The van der Waals surface area contributed by atoms with Gasteiger partial charge < -0.3 is 15.5 Å². The number of nitrogens with one attached hydrogen (secondary N) is 2. The molecule has 3 aliphatic carbocycles. The fraction of sp³-hybridized carbons (Fsp3) is 0.923. The summed E-state index contributed by atoms with van der Waals surface area (Å²) in [6, 6.07) is -0.404. The van der Waals surface area contributed by atoms with Gasteiger partial charge in [0.1, 0.15) is 11.9 Å². The van der Waals surface area contributed by atoms with Gasteiger partial charge in [0.15, 0.2) is 9.84 Å². The van der Waals surface area contributed by atoms with Crippen molar-refractivity contribution >= 4 is 21.7 Å². The average Bonchev–Trinajstić information content (AvgIpc) is 3.66. The van der Waals surface area contributed by atoms with E-state index in [0.717, 1.165) is 37.0 Å². The van der Waals surface area contributed by atoms with Crippen molar-refractivity contribution in [2.75, 3.05) is 18.8 Å². The summed E-state index contributed by atoms with van der Waals surface area (Å²) in [7, 11) is -3.14. The maximum absolute atomic E-state index is 13.2. The molecule has 4 fully saturated rings. The molecule has 4 rings (SSSR count). The minimum absolute atomic E-state index is 0.0782. The summed E-state index contributed by atoms with van der Waals surface area (Å²) >= 11 is 0. The second kappa shape index (κ2) is 12.2. The van der Waals surface area contributed by atoms with E-state index in [1.807, 2.05) is 0 Å². The third-order valence-corrected chi connectivity index (χ3v) is 10.8. The van der Waals surface area contributed by atoms with Crippen LogP contribution in [0.5, 0.6) is 0 Å². The van der Waals surface area contributed by atoms with Crippen LogP contribution in [0.3, 0.4) is 0 Å². The minimum Gasteiger partial charge on any atom is -0.353 e. The van der Waals surface area contributed by atoms with Gasteiger partial charge in [0.25, 0.3) is 0 Å².